The topological polar surface area (TPSA) is 51.8 Å². The van der Waals surface area contributed by atoms with Crippen LogP contribution in [-0.2, 0) is 10.3 Å². The van der Waals surface area contributed by atoms with E-state index >= 15 is 0 Å². The predicted molar refractivity (Wildman–Crippen MR) is 123 cm³/mol. The maximum absolute atomic E-state index is 11.7. The Bertz CT molecular complexity index is 831. The van der Waals surface area contributed by atoms with E-state index in [2.05, 4.69) is 0 Å². The maximum atomic E-state index is 11.7. The van der Waals surface area contributed by atoms with Crippen molar-refractivity contribution in [2.24, 2.45) is 11.8 Å². The maximum Gasteiger partial charge on any atom is 0.148 e. The molecule has 3 saturated heterocycles. The number of ether oxygens (including phenoxy) is 2. The summed E-state index contributed by atoms with van der Waals surface area (Å²) in [5.41, 5.74) is -1.000. The molecule has 1 aromatic carbocycles. The van der Waals surface area contributed by atoms with Crippen LogP contribution in [0.1, 0.15) is 50.7 Å². The van der Waals surface area contributed by atoms with Crippen LogP contribution in [0.2, 0.25) is 0 Å². The minimum absolute atomic E-state index is 0. The average Bonchev–Trinajstić information content (AvgIpc) is 3.57. The largest absolute Gasteiger partial charge is 1.00 e. The lowest BCUT2D eigenvalue weighted by Gasteiger charge is -2.52. The number of halogens is 1. The number of hydrogen-bond donors (Lipinski definition) is 1. The predicted octanol–water partition coefficient (Wildman–Crippen LogP) is 1.76. The lowest BCUT2D eigenvalue weighted by molar-refractivity contribution is -0.946. The molecule has 2 atom stereocenters. The number of aliphatic hydroxyl groups is 1. The highest BCUT2D eigenvalue weighted by atomic mass is 79.9. The SMILES string of the molecule is OC(COC1C[N+]2(CCCOc3ccccc3)CCC1CC2)(c1ccco1)C1CCCC1.[Br-]. The molecule has 4 heterocycles. The van der Waals surface area contributed by atoms with Crippen LogP contribution in [0.4, 0.5) is 0 Å². The van der Waals surface area contributed by atoms with E-state index in [1.807, 2.05) is 42.5 Å². The van der Waals surface area contributed by atoms with Crippen LogP contribution in [0.3, 0.4) is 0 Å². The van der Waals surface area contributed by atoms with Gasteiger partial charge in [-0.15, -0.1) is 0 Å². The molecule has 4 aliphatic rings. The van der Waals surface area contributed by atoms with Crippen LogP contribution in [0.5, 0.6) is 5.75 Å². The molecular weight excluding hydrogens is 482 g/mol. The molecule has 0 radical (unpaired) electrons. The van der Waals surface area contributed by atoms with E-state index < -0.39 is 5.60 Å². The van der Waals surface area contributed by atoms with Gasteiger partial charge in [0.2, 0.25) is 0 Å². The first-order valence-electron chi connectivity index (χ1n) is 12.6. The lowest BCUT2D eigenvalue weighted by Crippen LogP contribution is -3.00. The number of quaternary nitrogens is 1. The highest BCUT2D eigenvalue weighted by Gasteiger charge is 2.48. The second kappa shape index (κ2) is 10.9. The molecule has 33 heavy (non-hydrogen) atoms. The molecule has 4 fully saturated rings. The highest BCUT2D eigenvalue weighted by molar-refractivity contribution is 5.20. The third-order valence-electron chi connectivity index (χ3n) is 8.33. The second-order valence-electron chi connectivity index (χ2n) is 10.3. The number of piperidine rings is 3. The normalized spacial score (nSPS) is 28.9. The molecule has 0 spiro atoms. The van der Waals surface area contributed by atoms with Gasteiger partial charge in [-0.1, -0.05) is 31.0 Å². The van der Waals surface area contributed by atoms with E-state index in [1.54, 1.807) is 6.26 Å². The molecule has 2 unspecified atom stereocenters. The van der Waals surface area contributed by atoms with Gasteiger partial charge in [-0.05, 0) is 43.0 Å². The van der Waals surface area contributed by atoms with E-state index in [-0.39, 0.29) is 29.0 Å². The summed E-state index contributed by atoms with van der Waals surface area (Å²) in [7, 11) is 0. The summed E-state index contributed by atoms with van der Waals surface area (Å²) >= 11 is 0. The van der Waals surface area contributed by atoms with E-state index in [0.717, 1.165) is 49.2 Å². The first-order valence-corrected chi connectivity index (χ1v) is 12.6. The number of hydrogen-bond acceptors (Lipinski definition) is 4. The third-order valence-corrected chi connectivity index (χ3v) is 8.33. The van der Waals surface area contributed by atoms with Crippen LogP contribution in [-0.4, -0.2) is 55.1 Å². The molecule has 1 saturated carbocycles. The van der Waals surface area contributed by atoms with Crippen molar-refractivity contribution < 1.29 is 40.5 Å². The monoisotopic (exact) mass is 519 g/mol. The van der Waals surface area contributed by atoms with Gasteiger partial charge in [0.1, 0.15) is 29.8 Å². The minimum atomic E-state index is -1.000. The van der Waals surface area contributed by atoms with E-state index in [4.69, 9.17) is 13.9 Å². The summed E-state index contributed by atoms with van der Waals surface area (Å²) in [5, 5.41) is 11.7. The van der Waals surface area contributed by atoms with Gasteiger partial charge < -0.3 is 40.5 Å². The Morgan fingerprint density at radius 2 is 1.76 bits per heavy atom. The molecule has 6 heteroatoms. The van der Waals surface area contributed by atoms with Crippen molar-refractivity contribution in [1.82, 2.24) is 0 Å². The van der Waals surface area contributed by atoms with Crippen molar-refractivity contribution >= 4 is 0 Å². The number of benzene rings is 1. The van der Waals surface area contributed by atoms with E-state index in [0.29, 0.717) is 18.3 Å². The van der Waals surface area contributed by atoms with Crippen LogP contribution < -0.4 is 21.7 Å². The minimum Gasteiger partial charge on any atom is -1.00 e. The molecule has 1 N–H and O–H groups in total. The van der Waals surface area contributed by atoms with Gasteiger partial charge in [-0.2, -0.15) is 0 Å². The Hall–Kier alpha value is -1.34. The molecule has 6 rings (SSSR count). The summed E-state index contributed by atoms with van der Waals surface area (Å²) < 4.78 is 19.3. The Kier molecular flexibility index (Phi) is 8.21. The molecule has 182 valence electrons. The Labute approximate surface area is 208 Å². The molecule has 2 bridgehead atoms. The van der Waals surface area contributed by atoms with Crippen molar-refractivity contribution in [2.75, 3.05) is 39.4 Å². The Balaban J connectivity index is 0.00000259. The van der Waals surface area contributed by atoms with Crippen LogP contribution in [0.15, 0.2) is 53.1 Å². The van der Waals surface area contributed by atoms with Crippen LogP contribution >= 0.6 is 0 Å². The summed E-state index contributed by atoms with van der Waals surface area (Å²) in [6.45, 7) is 5.82. The van der Waals surface area contributed by atoms with Crippen LogP contribution in [0, 0.1) is 11.8 Å². The van der Waals surface area contributed by atoms with E-state index in [9.17, 15) is 5.11 Å². The summed E-state index contributed by atoms with van der Waals surface area (Å²) in [6.07, 6.45) is 9.89. The van der Waals surface area contributed by atoms with Gasteiger partial charge >= 0.3 is 0 Å². The summed E-state index contributed by atoms with van der Waals surface area (Å²) in [6, 6.07) is 13.9. The zero-order chi connectivity index (χ0) is 21.9. The smallest absolute Gasteiger partial charge is 0.148 e. The van der Waals surface area contributed by atoms with Gasteiger partial charge in [0.15, 0.2) is 0 Å². The average molecular weight is 521 g/mol. The quantitative estimate of drug-likeness (QED) is 0.383. The van der Waals surface area contributed by atoms with Crippen molar-refractivity contribution in [3.8, 4) is 5.75 Å². The fourth-order valence-electron chi connectivity index (χ4n) is 6.38. The zero-order valence-electron chi connectivity index (χ0n) is 19.5. The van der Waals surface area contributed by atoms with Crippen molar-refractivity contribution in [3.63, 3.8) is 0 Å². The van der Waals surface area contributed by atoms with Gasteiger partial charge in [-0.3, -0.25) is 0 Å². The number of nitrogens with zero attached hydrogens (tertiary/aromatic N) is 1. The first kappa shape index (κ1) is 24.8. The van der Waals surface area contributed by atoms with Gasteiger partial charge in [0.05, 0.1) is 39.1 Å². The Morgan fingerprint density at radius 1 is 1.00 bits per heavy atom. The standard InChI is InChI=1S/C27H38NO4.BrH/c29-27(23-8-4-5-9-23,26-12-6-18-31-26)21-32-25-20-28(16-13-22(25)14-17-28)15-7-19-30-24-10-2-1-3-11-24;/h1-3,6,10-12,18,22-23,25,29H,4-5,7-9,13-17,19-21H2;1H/q+1;/p-1. The van der Waals surface area contributed by atoms with Crippen molar-refractivity contribution in [2.45, 2.75) is 56.7 Å². The number of fused-ring (bicyclic) bond motifs is 3. The van der Waals surface area contributed by atoms with Gasteiger partial charge in [0, 0.05) is 25.2 Å². The van der Waals surface area contributed by atoms with Crippen molar-refractivity contribution in [3.05, 3.63) is 54.5 Å². The highest BCUT2D eigenvalue weighted by Crippen LogP contribution is 2.42. The second-order valence-corrected chi connectivity index (χ2v) is 10.3. The lowest BCUT2D eigenvalue weighted by atomic mass is 9.82. The molecule has 2 aromatic rings. The van der Waals surface area contributed by atoms with E-state index in [1.165, 1.54) is 38.8 Å². The summed E-state index contributed by atoms with van der Waals surface area (Å²) in [5.74, 6) is 2.48. The van der Waals surface area contributed by atoms with Gasteiger partial charge in [0.25, 0.3) is 0 Å². The molecule has 5 nitrogen and oxygen atoms in total. The molecular formula is C27H38BrNO4. The number of furan rings is 1. The zero-order valence-corrected chi connectivity index (χ0v) is 21.1. The van der Waals surface area contributed by atoms with Crippen molar-refractivity contribution in [1.29, 1.82) is 0 Å². The van der Waals surface area contributed by atoms with Crippen LogP contribution in [0.25, 0.3) is 0 Å². The fraction of sp³-hybridized carbons (Fsp3) is 0.630. The third kappa shape index (κ3) is 5.50. The Morgan fingerprint density at radius 3 is 2.45 bits per heavy atom. The summed E-state index contributed by atoms with van der Waals surface area (Å²) in [4.78, 5) is 0. The number of para-hydroxylation sites is 1. The fourth-order valence-corrected chi connectivity index (χ4v) is 6.38. The molecule has 1 aromatic heterocycles. The molecule has 3 aliphatic heterocycles. The first-order chi connectivity index (χ1) is 15.7. The molecule has 0 amide bonds. The van der Waals surface area contributed by atoms with Gasteiger partial charge in [-0.25, -0.2) is 0 Å². The molecule has 1 aliphatic carbocycles. The number of rotatable bonds is 10.